The SMILES string of the molecule is NC(Cn1c(=O)oc2cccnc21)C1CCCC1. The van der Waals surface area contributed by atoms with E-state index < -0.39 is 0 Å². The molecule has 0 aromatic carbocycles. The van der Waals surface area contributed by atoms with E-state index in [0.29, 0.717) is 23.7 Å². The van der Waals surface area contributed by atoms with E-state index in [2.05, 4.69) is 4.98 Å². The standard InChI is InChI=1S/C13H17N3O2/c14-10(9-4-1-2-5-9)8-16-12-11(18-13(16)17)6-3-7-15-12/h3,6-7,9-10H,1-2,4-5,8,14H2. The van der Waals surface area contributed by atoms with Gasteiger partial charge in [-0.2, -0.15) is 0 Å². The highest BCUT2D eigenvalue weighted by atomic mass is 16.4. The third-order valence-electron chi connectivity index (χ3n) is 3.82. The molecule has 1 fully saturated rings. The Morgan fingerprint density at radius 2 is 2.28 bits per heavy atom. The van der Waals surface area contributed by atoms with Crippen molar-refractivity contribution in [3.05, 3.63) is 28.9 Å². The van der Waals surface area contributed by atoms with Crippen LogP contribution in [0.25, 0.3) is 11.2 Å². The quantitative estimate of drug-likeness (QED) is 0.892. The number of hydrogen-bond donors (Lipinski definition) is 1. The van der Waals surface area contributed by atoms with Gasteiger partial charge in [0.05, 0.1) is 0 Å². The number of oxazole rings is 1. The molecule has 0 amide bonds. The van der Waals surface area contributed by atoms with Gasteiger partial charge in [0.25, 0.3) is 0 Å². The smallest absolute Gasteiger partial charge is 0.406 e. The summed E-state index contributed by atoms with van der Waals surface area (Å²) in [6.45, 7) is 0.494. The maximum Gasteiger partial charge on any atom is 0.421 e. The molecule has 2 aromatic heterocycles. The van der Waals surface area contributed by atoms with Crippen LogP contribution in [0.1, 0.15) is 25.7 Å². The van der Waals surface area contributed by atoms with Crippen LogP contribution in [-0.4, -0.2) is 15.6 Å². The van der Waals surface area contributed by atoms with Crippen LogP contribution in [0.2, 0.25) is 0 Å². The van der Waals surface area contributed by atoms with Gasteiger partial charge in [-0.3, -0.25) is 4.57 Å². The first-order chi connectivity index (χ1) is 8.75. The van der Waals surface area contributed by atoms with Crippen molar-refractivity contribution in [1.29, 1.82) is 0 Å². The van der Waals surface area contributed by atoms with Gasteiger partial charge >= 0.3 is 5.76 Å². The number of nitrogens with zero attached hydrogens (tertiary/aromatic N) is 2. The lowest BCUT2D eigenvalue weighted by molar-refractivity contribution is 0.374. The Labute approximate surface area is 105 Å². The van der Waals surface area contributed by atoms with Crippen molar-refractivity contribution >= 4 is 11.2 Å². The molecule has 0 bridgehead atoms. The third-order valence-corrected chi connectivity index (χ3v) is 3.82. The Hall–Kier alpha value is -1.62. The zero-order chi connectivity index (χ0) is 12.5. The molecule has 1 atom stereocenters. The molecular weight excluding hydrogens is 230 g/mol. The molecule has 0 spiro atoms. The van der Waals surface area contributed by atoms with E-state index in [9.17, 15) is 4.79 Å². The van der Waals surface area contributed by atoms with E-state index in [1.165, 1.54) is 25.7 Å². The van der Waals surface area contributed by atoms with Crippen molar-refractivity contribution in [2.24, 2.45) is 11.7 Å². The van der Waals surface area contributed by atoms with E-state index in [1.54, 1.807) is 22.9 Å². The van der Waals surface area contributed by atoms with Crippen molar-refractivity contribution < 1.29 is 4.42 Å². The molecule has 2 heterocycles. The van der Waals surface area contributed by atoms with E-state index in [0.717, 1.165) is 0 Å². The lowest BCUT2D eigenvalue weighted by Gasteiger charge is -2.18. The Bertz CT molecular complexity index is 596. The predicted molar refractivity (Wildman–Crippen MR) is 68.2 cm³/mol. The fraction of sp³-hybridized carbons (Fsp3) is 0.538. The molecule has 5 nitrogen and oxygen atoms in total. The predicted octanol–water partition coefficient (Wildman–Crippen LogP) is 1.51. The summed E-state index contributed by atoms with van der Waals surface area (Å²) in [4.78, 5) is 16.0. The van der Waals surface area contributed by atoms with Crippen LogP contribution < -0.4 is 11.5 Å². The molecule has 0 aliphatic heterocycles. The maximum absolute atomic E-state index is 11.8. The number of aromatic nitrogens is 2. The average Bonchev–Trinajstić information content (AvgIpc) is 2.98. The molecule has 1 saturated carbocycles. The summed E-state index contributed by atoms with van der Waals surface area (Å²) in [5.74, 6) is 0.155. The minimum absolute atomic E-state index is 0.00741. The molecule has 1 aliphatic rings. The molecular formula is C13H17N3O2. The van der Waals surface area contributed by atoms with Gasteiger partial charge in [0.1, 0.15) is 0 Å². The molecule has 0 radical (unpaired) electrons. The Kier molecular flexibility index (Phi) is 2.91. The largest absolute Gasteiger partial charge is 0.421 e. The summed E-state index contributed by atoms with van der Waals surface area (Å²) >= 11 is 0. The highest BCUT2D eigenvalue weighted by molar-refractivity contribution is 5.67. The van der Waals surface area contributed by atoms with Crippen LogP contribution in [0.3, 0.4) is 0 Å². The zero-order valence-electron chi connectivity index (χ0n) is 10.2. The Morgan fingerprint density at radius 1 is 1.50 bits per heavy atom. The van der Waals surface area contributed by atoms with Gasteiger partial charge in [0.15, 0.2) is 11.2 Å². The van der Waals surface area contributed by atoms with Gasteiger partial charge in [0.2, 0.25) is 0 Å². The first kappa shape index (κ1) is 11.5. The number of pyridine rings is 1. The van der Waals surface area contributed by atoms with Gasteiger partial charge in [-0.15, -0.1) is 0 Å². The van der Waals surface area contributed by atoms with Crippen molar-refractivity contribution in [3.63, 3.8) is 0 Å². The van der Waals surface area contributed by atoms with Crippen LogP contribution in [0, 0.1) is 5.92 Å². The second kappa shape index (κ2) is 4.57. The zero-order valence-corrected chi connectivity index (χ0v) is 10.2. The second-order valence-electron chi connectivity index (χ2n) is 5.01. The minimum Gasteiger partial charge on any atom is -0.406 e. The van der Waals surface area contributed by atoms with Crippen LogP contribution in [0.4, 0.5) is 0 Å². The maximum atomic E-state index is 11.8. The number of fused-ring (bicyclic) bond motifs is 1. The number of rotatable bonds is 3. The lowest BCUT2D eigenvalue weighted by Crippen LogP contribution is -2.35. The van der Waals surface area contributed by atoms with Gasteiger partial charge in [0, 0.05) is 18.8 Å². The Balaban J connectivity index is 1.89. The highest BCUT2D eigenvalue weighted by Gasteiger charge is 2.24. The van der Waals surface area contributed by atoms with Crippen molar-refractivity contribution in [1.82, 2.24) is 9.55 Å². The first-order valence-electron chi connectivity index (χ1n) is 6.45. The van der Waals surface area contributed by atoms with E-state index in [1.807, 2.05) is 0 Å². The topological polar surface area (TPSA) is 74.0 Å². The van der Waals surface area contributed by atoms with Crippen LogP contribution in [0.15, 0.2) is 27.5 Å². The number of nitrogens with two attached hydrogens (primary N) is 1. The summed E-state index contributed by atoms with van der Waals surface area (Å²) in [5, 5.41) is 0. The molecule has 96 valence electrons. The third kappa shape index (κ3) is 1.95. The summed E-state index contributed by atoms with van der Waals surface area (Å²) in [6, 6.07) is 3.52. The van der Waals surface area contributed by atoms with Gasteiger partial charge in [-0.1, -0.05) is 12.8 Å². The molecule has 3 rings (SSSR count). The van der Waals surface area contributed by atoms with Crippen molar-refractivity contribution in [2.75, 3.05) is 0 Å². The van der Waals surface area contributed by atoms with Gasteiger partial charge in [-0.05, 0) is 30.9 Å². The molecule has 1 unspecified atom stereocenters. The van der Waals surface area contributed by atoms with Crippen LogP contribution in [-0.2, 0) is 6.54 Å². The van der Waals surface area contributed by atoms with E-state index in [-0.39, 0.29) is 11.8 Å². The van der Waals surface area contributed by atoms with Crippen molar-refractivity contribution in [3.8, 4) is 0 Å². The summed E-state index contributed by atoms with van der Waals surface area (Å²) in [7, 11) is 0. The fourth-order valence-corrected chi connectivity index (χ4v) is 2.81. The van der Waals surface area contributed by atoms with Crippen LogP contribution in [0.5, 0.6) is 0 Å². The molecule has 1 aliphatic carbocycles. The molecule has 2 N–H and O–H groups in total. The normalized spacial score (nSPS) is 18.5. The minimum atomic E-state index is -0.364. The lowest BCUT2D eigenvalue weighted by atomic mass is 9.99. The summed E-state index contributed by atoms with van der Waals surface area (Å²) in [6.07, 6.45) is 6.49. The number of hydrogen-bond acceptors (Lipinski definition) is 4. The monoisotopic (exact) mass is 247 g/mol. The van der Waals surface area contributed by atoms with Crippen molar-refractivity contribution in [2.45, 2.75) is 38.3 Å². The van der Waals surface area contributed by atoms with Gasteiger partial charge in [-0.25, -0.2) is 9.78 Å². The Morgan fingerprint density at radius 3 is 3.06 bits per heavy atom. The summed E-state index contributed by atoms with van der Waals surface area (Å²) in [5.41, 5.74) is 7.32. The van der Waals surface area contributed by atoms with E-state index in [4.69, 9.17) is 10.2 Å². The van der Waals surface area contributed by atoms with E-state index >= 15 is 0 Å². The van der Waals surface area contributed by atoms with Gasteiger partial charge < -0.3 is 10.2 Å². The first-order valence-corrected chi connectivity index (χ1v) is 6.45. The fourth-order valence-electron chi connectivity index (χ4n) is 2.81. The highest BCUT2D eigenvalue weighted by Crippen LogP contribution is 2.27. The average molecular weight is 247 g/mol. The summed E-state index contributed by atoms with van der Waals surface area (Å²) < 4.78 is 6.71. The molecule has 2 aromatic rings. The second-order valence-corrected chi connectivity index (χ2v) is 5.01. The van der Waals surface area contributed by atoms with Crippen LogP contribution >= 0.6 is 0 Å². The molecule has 0 saturated heterocycles. The molecule has 5 heteroatoms. The molecule has 18 heavy (non-hydrogen) atoms.